The summed E-state index contributed by atoms with van der Waals surface area (Å²) in [6.07, 6.45) is 1.49. The fourth-order valence-electron chi connectivity index (χ4n) is 2.03. The molecule has 8 heteroatoms. The molecule has 2 aromatic rings. The molecular formula is C12H12BN3O4. The summed E-state index contributed by atoms with van der Waals surface area (Å²) in [5.41, 5.74) is 2.48. The monoisotopic (exact) mass is 273 g/mol. The van der Waals surface area contributed by atoms with Crippen LogP contribution in [0.15, 0.2) is 24.4 Å². The molecule has 20 heavy (non-hydrogen) atoms. The first-order valence-corrected chi connectivity index (χ1v) is 6.21. The normalized spacial score (nSPS) is 13.4. The Balaban J connectivity index is 1.90. The molecular weight excluding hydrogens is 261 g/mol. The van der Waals surface area contributed by atoms with Crippen molar-refractivity contribution in [3.8, 4) is 5.69 Å². The van der Waals surface area contributed by atoms with E-state index in [1.54, 1.807) is 13.0 Å². The number of ether oxygens (including phenoxy) is 1. The molecule has 0 amide bonds. The van der Waals surface area contributed by atoms with Crippen molar-refractivity contribution in [2.24, 2.45) is 0 Å². The first-order chi connectivity index (χ1) is 9.69. The van der Waals surface area contributed by atoms with Crippen molar-refractivity contribution in [1.82, 2.24) is 15.0 Å². The average Bonchev–Trinajstić information content (AvgIpc) is 3.06. The zero-order chi connectivity index (χ0) is 14.1. The molecule has 0 radical (unpaired) electrons. The number of esters is 1. The lowest BCUT2D eigenvalue weighted by Crippen LogP contribution is -2.28. The van der Waals surface area contributed by atoms with Crippen molar-refractivity contribution in [2.75, 3.05) is 6.61 Å². The van der Waals surface area contributed by atoms with E-state index in [9.17, 15) is 9.82 Å². The Bertz CT molecular complexity index is 658. The van der Waals surface area contributed by atoms with Gasteiger partial charge in [0.1, 0.15) is 0 Å². The van der Waals surface area contributed by atoms with Crippen LogP contribution in [-0.4, -0.2) is 39.7 Å². The third-order valence-corrected chi connectivity index (χ3v) is 3.03. The van der Waals surface area contributed by atoms with Crippen molar-refractivity contribution in [3.63, 3.8) is 0 Å². The first kappa shape index (κ1) is 12.8. The lowest BCUT2D eigenvalue weighted by molar-refractivity contribution is 0.0519. The summed E-state index contributed by atoms with van der Waals surface area (Å²) in [5.74, 6) is -0.511. The van der Waals surface area contributed by atoms with Crippen LogP contribution in [0.5, 0.6) is 0 Å². The molecule has 3 rings (SSSR count). The Morgan fingerprint density at radius 3 is 3.25 bits per heavy atom. The fourth-order valence-corrected chi connectivity index (χ4v) is 2.03. The maximum Gasteiger partial charge on any atom is 0.491 e. The minimum absolute atomic E-state index is 0.143. The summed E-state index contributed by atoms with van der Waals surface area (Å²) in [6, 6.07) is 5.44. The van der Waals surface area contributed by atoms with Crippen LogP contribution in [0.2, 0.25) is 0 Å². The second kappa shape index (κ2) is 5.07. The molecule has 0 atom stereocenters. The highest BCUT2D eigenvalue weighted by Crippen LogP contribution is 2.14. The van der Waals surface area contributed by atoms with E-state index in [0.29, 0.717) is 17.8 Å². The van der Waals surface area contributed by atoms with Gasteiger partial charge in [0, 0.05) is 0 Å². The summed E-state index contributed by atoms with van der Waals surface area (Å²) >= 11 is 0. The van der Waals surface area contributed by atoms with E-state index in [2.05, 4.69) is 10.3 Å². The van der Waals surface area contributed by atoms with E-state index in [-0.39, 0.29) is 12.3 Å². The van der Waals surface area contributed by atoms with Gasteiger partial charge in [-0.05, 0) is 30.1 Å². The zero-order valence-electron chi connectivity index (χ0n) is 10.8. The number of aromatic nitrogens is 3. The third-order valence-electron chi connectivity index (χ3n) is 3.03. The Labute approximate surface area is 115 Å². The van der Waals surface area contributed by atoms with E-state index in [0.717, 1.165) is 5.56 Å². The maximum atomic E-state index is 11.5. The number of fused-ring (bicyclic) bond motifs is 1. The van der Waals surface area contributed by atoms with Gasteiger partial charge in [0.15, 0.2) is 5.69 Å². The number of rotatable bonds is 3. The van der Waals surface area contributed by atoms with E-state index >= 15 is 0 Å². The Hall–Kier alpha value is -2.19. The van der Waals surface area contributed by atoms with Crippen molar-refractivity contribution >= 4 is 18.6 Å². The van der Waals surface area contributed by atoms with Crippen LogP contribution in [0.4, 0.5) is 0 Å². The van der Waals surface area contributed by atoms with Gasteiger partial charge in [-0.2, -0.15) is 0 Å². The lowest BCUT2D eigenvalue weighted by Gasteiger charge is -2.03. The van der Waals surface area contributed by atoms with Gasteiger partial charge in [-0.3, -0.25) is 0 Å². The molecule has 1 aromatic carbocycles. The maximum absolute atomic E-state index is 11.5. The van der Waals surface area contributed by atoms with Gasteiger partial charge in [-0.1, -0.05) is 11.3 Å². The van der Waals surface area contributed by atoms with E-state index in [4.69, 9.17) is 9.39 Å². The highest BCUT2D eigenvalue weighted by atomic mass is 16.5. The number of carbonyl (C=O) groups excluding carboxylic acids is 1. The van der Waals surface area contributed by atoms with Gasteiger partial charge in [0.25, 0.3) is 0 Å². The number of hydrogen-bond donors (Lipinski definition) is 1. The van der Waals surface area contributed by atoms with Crippen LogP contribution in [0, 0.1) is 0 Å². The second-order valence-corrected chi connectivity index (χ2v) is 4.32. The minimum atomic E-state index is -0.919. The number of hydrogen-bond acceptors (Lipinski definition) is 6. The zero-order valence-corrected chi connectivity index (χ0v) is 10.8. The third kappa shape index (κ3) is 2.19. The number of carbonyl (C=O) groups is 1. The Morgan fingerprint density at radius 2 is 2.45 bits per heavy atom. The quantitative estimate of drug-likeness (QED) is 0.608. The molecule has 0 unspecified atom stereocenters. The second-order valence-electron chi connectivity index (χ2n) is 4.32. The molecule has 1 aliphatic rings. The molecule has 0 bridgehead atoms. The molecule has 1 aromatic heterocycles. The highest BCUT2D eigenvalue weighted by molar-refractivity contribution is 6.61. The Morgan fingerprint density at radius 1 is 1.60 bits per heavy atom. The van der Waals surface area contributed by atoms with Gasteiger partial charge in [0.05, 0.1) is 25.1 Å². The van der Waals surface area contributed by atoms with Crippen molar-refractivity contribution < 1.29 is 19.2 Å². The lowest BCUT2D eigenvalue weighted by atomic mass is 9.79. The smallest absolute Gasteiger partial charge is 0.461 e. The van der Waals surface area contributed by atoms with E-state index in [1.807, 2.05) is 12.1 Å². The molecule has 2 heterocycles. The van der Waals surface area contributed by atoms with Crippen molar-refractivity contribution in [1.29, 1.82) is 0 Å². The van der Waals surface area contributed by atoms with Crippen LogP contribution in [0.1, 0.15) is 23.0 Å². The number of benzene rings is 1. The molecule has 7 nitrogen and oxygen atoms in total. The van der Waals surface area contributed by atoms with Crippen LogP contribution >= 0.6 is 0 Å². The van der Waals surface area contributed by atoms with E-state index in [1.165, 1.54) is 10.9 Å². The topological polar surface area (TPSA) is 86.5 Å². The van der Waals surface area contributed by atoms with Crippen molar-refractivity contribution in [3.05, 3.63) is 35.7 Å². The van der Waals surface area contributed by atoms with Gasteiger partial charge in [0.2, 0.25) is 0 Å². The molecule has 1 aliphatic heterocycles. The van der Waals surface area contributed by atoms with Crippen molar-refractivity contribution in [2.45, 2.75) is 13.5 Å². The summed E-state index contributed by atoms with van der Waals surface area (Å²) in [4.78, 5) is 11.5. The van der Waals surface area contributed by atoms with Gasteiger partial charge in [-0.15, -0.1) is 5.10 Å². The summed E-state index contributed by atoms with van der Waals surface area (Å²) in [7, 11) is -0.919. The van der Waals surface area contributed by atoms with E-state index < -0.39 is 13.1 Å². The Kier molecular flexibility index (Phi) is 3.25. The van der Waals surface area contributed by atoms with Crippen LogP contribution in [0.3, 0.4) is 0 Å². The molecule has 0 fully saturated rings. The average molecular weight is 273 g/mol. The minimum Gasteiger partial charge on any atom is -0.461 e. The molecule has 0 spiro atoms. The molecule has 0 aliphatic carbocycles. The van der Waals surface area contributed by atoms with Gasteiger partial charge < -0.3 is 14.4 Å². The SMILES string of the molecule is CCOC(=O)c1cn(-c2ccc3c(c2)B(O)OC3)nn1. The predicted octanol–water partition coefficient (Wildman–Crippen LogP) is -0.338. The fraction of sp³-hybridized carbons (Fsp3) is 0.250. The highest BCUT2D eigenvalue weighted by Gasteiger charge is 2.27. The molecule has 0 saturated carbocycles. The molecule has 1 N–H and O–H groups in total. The van der Waals surface area contributed by atoms with Gasteiger partial charge in [-0.25, -0.2) is 9.48 Å². The number of nitrogens with zero attached hydrogens (tertiary/aromatic N) is 3. The predicted molar refractivity (Wildman–Crippen MR) is 69.7 cm³/mol. The summed E-state index contributed by atoms with van der Waals surface area (Å²) in [5, 5.41) is 17.3. The van der Waals surface area contributed by atoms with Crippen LogP contribution in [0.25, 0.3) is 5.69 Å². The first-order valence-electron chi connectivity index (χ1n) is 6.21. The largest absolute Gasteiger partial charge is 0.491 e. The summed E-state index contributed by atoms with van der Waals surface area (Å²) < 4.78 is 11.4. The van der Waals surface area contributed by atoms with Crippen LogP contribution < -0.4 is 5.46 Å². The summed E-state index contributed by atoms with van der Waals surface area (Å²) in [6.45, 7) is 2.40. The standard InChI is InChI=1S/C12H12BN3O4/c1-2-19-12(17)11-6-16(15-14-11)9-4-3-8-7-20-13(18)10(8)5-9/h3-6,18H,2,7H2,1H3. The van der Waals surface area contributed by atoms with Gasteiger partial charge >= 0.3 is 13.1 Å². The molecule has 102 valence electrons. The van der Waals surface area contributed by atoms with Crippen LogP contribution in [-0.2, 0) is 16.0 Å². The molecule has 0 saturated heterocycles.